The number of amides is 1. The Morgan fingerprint density at radius 2 is 2.29 bits per heavy atom. The number of halogens is 2. The van der Waals surface area contributed by atoms with Crippen LogP contribution < -0.4 is 5.32 Å². The Kier molecular flexibility index (Phi) is 4.51. The standard InChI is InChI=1S/C13H18ClFN4O2/c1-13(2,3)21-12(20)19-5-4-8(7-19)17-10-9(15)6-16-11(14)18-10/h6,8H,4-5,7H2,1-3H3,(H,16,17,18). The third-order valence-electron chi connectivity index (χ3n) is 2.90. The molecular weight excluding hydrogens is 299 g/mol. The van der Waals surface area contributed by atoms with Crippen molar-refractivity contribution in [3.8, 4) is 0 Å². The molecule has 1 atom stereocenters. The van der Waals surface area contributed by atoms with Gasteiger partial charge < -0.3 is 15.0 Å². The van der Waals surface area contributed by atoms with Crippen LogP contribution in [0.1, 0.15) is 27.2 Å². The molecule has 0 radical (unpaired) electrons. The quantitative estimate of drug-likeness (QED) is 0.850. The zero-order chi connectivity index (χ0) is 15.6. The van der Waals surface area contributed by atoms with E-state index in [9.17, 15) is 9.18 Å². The number of hydrogen-bond donors (Lipinski definition) is 1. The van der Waals surface area contributed by atoms with Crippen LogP contribution >= 0.6 is 11.6 Å². The summed E-state index contributed by atoms with van der Waals surface area (Å²) in [5.41, 5.74) is -0.533. The fraction of sp³-hybridized carbons (Fsp3) is 0.615. The largest absolute Gasteiger partial charge is 0.444 e. The highest BCUT2D eigenvalue weighted by molar-refractivity contribution is 6.28. The number of aromatic nitrogens is 2. The van der Waals surface area contributed by atoms with E-state index < -0.39 is 11.4 Å². The number of nitrogens with one attached hydrogen (secondary N) is 1. The summed E-state index contributed by atoms with van der Waals surface area (Å²) in [5.74, 6) is -0.527. The smallest absolute Gasteiger partial charge is 0.410 e. The van der Waals surface area contributed by atoms with E-state index in [1.54, 1.807) is 4.90 Å². The van der Waals surface area contributed by atoms with Crippen molar-refractivity contribution >= 4 is 23.5 Å². The van der Waals surface area contributed by atoms with Gasteiger partial charge in [0.2, 0.25) is 5.28 Å². The zero-order valence-corrected chi connectivity index (χ0v) is 12.9. The topological polar surface area (TPSA) is 67.3 Å². The minimum atomic E-state index is -0.574. The Hall–Kier alpha value is -1.63. The SMILES string of the molecule is CC(C)(C)OC(=O)N1CCC(Nc2nc(Cl)ncc2F)C1. The minimum absolute atomic E-state index is 0.0269. The lowest BCUT2D eigenvalue weighted by Gasteiger charge is -2.24. The van der Waals surface area contributed by atoms with E-state index in [0.29, 0.717) is 19.5 Å². The Labute approximate surface area is 127 Å². The number of carbonyl (C=O) groups is 1. The Bertz CT molecular complexity index is 535. The lowest BCUT2D eigenvalue weighted by Crippen LogP contribution is -2.36. The number of nitrogens with zero attached hydrogens (tertiary/aromatic N) is 3. The molecule has 2 rings (SSSR count). The van der Waals surface area contributed by atoms with Gasteiger partial charge in [-0.25, -0.2) is 14.2 Å². The molecule has 21 heavy (non-hydrogen) atoms. The van der Waals surface area contributed by atoms with Crippen LogP contribution in [-0.4, -0.2) is 45.7 Å². The van der Waals surface area contributed by atoms with Gasteiger partial charge >= 0.3 is 6.09 Å². The first kappa shape index (κ1) is 15.8. The second-order valence-electron chi connectivity index (χ2n) is 5.89. The summed E-state index contributed by atoms with van der Waals surface area (Å²) in [6.45, 7) is 6.42. The first-order chi connectivity index (χ1) is 9.74. The minimum Gasteiger partial charge on any atom is -0.444 e. The van der Waals surface area contributed by atoms with Gasteiger partial charge in [0.25, 0.3) is 0 Å². The van der Waals surface area contributed by atoms with Crippen molar-refractivity contribution in [2.75, 3.05) is 18.4 Å². The maximum atomic E-state index is 13.5. The van der Waals surface area contributed by atoms with Gasteiger partial charge in [-0.2, -0.15) is 4.98 Å². The normalized spacial score (nSPS) is 18.7. The van der Waals surface area contributed by atoms with E-state index in [1.165, 1.54) is 0 Å². The third kappa shape index (κ3) is 4.42. The van der Waals surface area contributed by atoms with Gasteiger partial charge in [0, 0.05) is 19.1 Å². The van der Waals surface area contributed by atoms with Gasteiger partial charge in [-0.15, -0.1) is 0 Å². The number of rotatable bonds is 2. The molecule has 8 heteroatoms. The highest BCUT2D eigenvalue weighted by Crippen LogP contribution is 2.19. The molecule has 1 unspecified atom stereocenters. The van der Waals surface area contributed by atoms with E-state index in [0.717, 1.165) is 6.20 Å². The lowest BCUT2D eigenvalue weighted by atomic mass is 10.2. The summed E-state index contributed by atoms with van der Waals surface area (Å²) in [5, 5.41) is 2.91. The van der Waals surface area contributed by atoms with E-state index in [-0.39, 0.29) is 23.2 Å². The molecular formula is C13H18ClFN4O2. The van der Waals surface area contributed by atoms with Crippen molar-refractivity contribution in [1.29, 1.82) is 0 Å². The molecule has 1 aliphatic rings. The van der Waals surface area contributed by atoms with Crippen molar-refractivity contribution in [2.45, 2.75) is 38.8 Å². The van der Waals surface area contributed by atoms with E-state index in [1.807, 2.05) is 20.8 Å². The van der Waals surface area contributed by atoms with Gasteiger partial charge in [0.1, 0.15) is 5.60 Å². The second-order valence-corrected chi connectivity index (χ2v) is 6.23. The molecule has 1 amide bonds. The summed E-state index contributed by atoms with van der Waals surface area (Å²) in [6.07, 6.45) is 1.33. The first-order valence-electron chi connectivity index (χ1n) is 6.67. The average molecular weight is 317 g/mol. The van der Waals surface area contributed by atoms with Crippen LogP contribution in [0.5, 0.6) is 0 Å². The summed E-state index contributed by atoms with van der Waals surface area (Å²) < 4.78 is 18.9. The number of likely N-dealkylation sites (tertiary alicyclic amines) is 1. The number of hydrogen-bond acceptors (Lipinski definition) is 5. The van der Waals surface area contributed by atoms with Crippen LogP contribution in [0.15, 0.2) is 6.20 Å². The highest BCUT2D eigenvalue weighted by Gasteiger charge is 2.30. The van der Waals surface area contributed by atoms with Crippen LogP contribution in [0, 0.1) is 5.82 Å². The van der Waals surface area contributed by atoms with Crippen LogP contribution in [0.4, 0.5) is 15.0 Å². The molecule has 1 aliphatic heterocycles. The zero-order valence-electron chi connectivity index (χ0n) is 12.2. The van der Waals surface area contributed by atoms with Crippen LogP contribution in [0.3, 0.4) is 0 Å². The average Bonchev–Trinajstić information content (AvgIpc) is 2.80. The molecule has 2 heterocycles. The number of carbonyl (C=O) groups excluding carboxylic acids is 1. The van der Waals surface area contributed by atoms with Gasteiger partial charge in [-0.1, -0.05) is 0 Å². The highest BCUT2D eigenvalue weighted by atomic mass is 35.5. The summed E-state index contributed by atoms with van der Waals surface area (Å²) in [6, 6.07) is -0.0991. The van der Waals surface area contributed by atoms with Crippen LogP contribution in [0.25, 0.3) is 0 Å². The monoisotopic (exact) mass is 316 g/mol. The Morgan fingerprint density at radius 1 is 1.57 bits per heavy atom. The fourth-order valence-electron chi connectivity index (χ4n) is 2.01. The molecule has 1 fully saturated rings. The summed E-state index contributed by atoms with van der Waals surface area (Å²) in [7, 11) is 0. The third-order valence-corrected chi connectivity index (χ3v) is 3.08. The van der Waals surface area contributed by atoms with Gasteiger partial charge in [0.05, 0.1) is 6.20 Å². The summed E-state index contributed by atoms with van der Waals surface area (Å²) in [4.78, 5) is 20.9. The summed E-state index contributed by atoms with van der Waals surface area (Å²) >= 11 is 5.64. The van der Waals surface area contributed by atoms with Crippen molar-refractivity contribution in [1.82, 2.24) is 14.9 Å². The number of anilines is 1. The first-order valence-corrected chi connectivity index (χ1v) is 7.05. The maximum absolute atomic E-state index is 13.5. The van der Waals surface area contributed by atoms with Gasteiger partial charge in [0.15, 0.2) is 11.6 Å². The van der Waals surface area contributed by atoms with Crippen LogP contribution in [0.2, 0.25) is 5.28 Å². The molecule has 1 aromatic rings. The molecule has 1 saturated heterocycles. The Morgan fingerprint density at radius 3 is 2.95 bits per heavy atom. The molecule has 0 spiro atoms. The second kappa shape index (κ2) is 6.01. The molecule has 1 aromatic heterocycles. The predicted molar refractivity (Wildman–Crippen MR) is 76.8 cm³/mol. The van der Waals surface area contributed by atoms with Crippen LogP contribution in [-0.2, 0) is 4.74 Å². The van der Waals surface area contributed by atoms with Crippen molar-refractivity contribution in [3.63, 3.8) is 0 Å². The van der Waals surface area contributed by atoms with Crippen molar-refractivity contribution in [3.05, 3.63) is 17.3 Å². The molecule has 116 valence electrons. The molecule has 1 N–H and O–H groups in total. The maximum Gasteiger partial charge on any atom is 0.410 e. The van der Waals surface area contributed by atoms with E-state index in [4.69, 9.17) is 16.3 Å². The predicted octanol–water partition coefficient (Wildman–Crippen LogP) is 2.69. The molecule has 6 nitrogen and oxygen atoms in total. The fourth-order valence-corrected chi connectivity index (χ4v) is 2.14. The van der Waals surface area contributed by atoms with Crippen molar-refractivity contribution < 1.29 is 13.9 Å². The molecule has 0 bridgehead atoms. The van der Waals surface area contributed by atoms with Crippen molar-refractivity contribution in [2.24, 2.45) is 0 Å². The lowest BCUT2D eigenvalue weighted by molar-refractivity contribution is 0.0293. The van der Waals surface area contributed by atoms with Gasteiger partial charge in [-0.05, 0) is 38.8 Å². The molecule has 0 aliphatic carbocycles. The van der Waals surface area contributed by atoms with Gasteiger partial charge in [-0.3, -0.25) is 0 Å². The Balaban J connectivity index is 1.93. The van der Waals surface area contributed by atoms with E-state index >= 15 is 0 Å². The van der Waals surface area contributed by atoms with E-state index in [2.05, 4.69) is 15.3 Å². The molecule has 0 aromatic carbocycles. The molecule has 0 saturated carbocycles. The number of ether oxygens (including phenoxy) is 1.